The van der Waals surface area contributed by atoms with E-state index in [1.807, 2.05) is 13.8 Å². The number of hydrogen-bond donors (Lipinski definition) is 1. The lowest BCUT2D eigenvalue weighted by Gasteiger charge is -2.10. The highest BCUT2D eigenvalue weighted by atomic mass is 35.5. The lowest BCUT2D eigenvalue weighted by atomic mass is 10.0. The Kier molecular flexibility index (Phi) is 3.70. The molecule has 0 aliphatic rings. The molecule has 0 bridgehead atoms. The smallest absolute Gasteiger partial charge is 0.320 e. The maximum atomic E-state index is 11.4. The molecular weight excluding hydrogens is 232 g/mol. The zero-order valence-corrected chi connectivity index (χ0v) is 10.1. The molecule has 0 aliphatic carbocycles. The molecule has 0 aliphatic heterocycles. The summed E-state index contributed by atoms with van der Waals surface area (Å²) >= 11 is 5.90. The van der Waals surface area contributed by atoms with Gasteiger partial charge in [-0.25, -0.2) is 0 Å². The van der Waals surface area contributed by atoms with Crippen LogP contribution in [-0.2, 0) is 6.42 Å². The van der Waals surface area contributed by atoms with Crippen LogP contribution < -0.4 is 5.56 Å². The van der Waals surface area contributed by atoms with E-state index < -0.39 is 16.2 Å². The first kappa shape index (κ1) is 12.7. The van der Waals surface area contributed by atoms with Crippen molar-refractivity contribution < 1.29 is 4.92 Å². The number of aryl methyl sites for hydroxylation is 1. The molecule has 0 aromatic carbocycles. The second-order valence-electron chi connectivity index (χ2n) is 4.08. The number of aromatic amines is 1. The number of halogens is 1. The summed E-state index contributed by atoms with van der Waals surface area (Å²) in [6, 6.07) is 0. The van der Waals surface area contributed by atoms with E-state index in [9.17, 15) is 14.9 Å². The maximum Gasteiger partial charge on any atom is 0.352 e. The third-order valence-corrected chi connectivity index (χ3v) is 2.64. The summed E-state index contributed by atoms with van der Waals surface area (Å²) in [6.07, 6.45) is 0.599. The van der Waals surface area contributed by atoms with Crippen LogP contribution in [0.5, 0.6) is 0 Å². The Balaban J connectivity index is 3.45. The topological polar surface area (TPSA) is 76.0 Å². The average molecular weight is 245 g/mol. The maximum absolute atomic E-state index is 11.4. The summed E-state index contributed by atoms with van der Waals surface area (Å²) in [7, 11) is 0. The van der Waals surface area contributed by atoms with Crippen LogP contribution >= 0.6 is 11.6 Å². The Morgan fingerprint density at radius 3 is 2.50 bits per heavy atom. The summed E-state index contributed by atoms with van der Waals surface area (Å²) in [6.45, 7) is 5.65. The normalized spacial score (nSPS) is 10.8. The largest absolute Gasteiger partial charge is 0.352 e. The molecule has 1 N–H and O–H groups in total. The van der Waals surface area contributed by atoms with Crippen molar-refractivity contribution in [2.45, 2.75) is 27.2 Å². The minimum Gasteiger partial charge on any atom is -0.320 e. The molecule has 0 spiro atoms. The molecular formula is C10H13ClN2O3. The van der Waals surface area contributed by atoms with Crippen LogP contribution in [0.4, 0.5) is 5.69 Å². The van der Waals surface area contributed by atoms with Crippen LogP contribution in [0.15, 0.2) is 4.79 Å². The monoisotopic (exact) mass is 244 g/mol. The third-order valence-electron chi connectivity index (χ3n) is 2.24. The van der Waals surface area contributed by atoms with Gasteiger partial charge in [0, 0.05) is 5.69 Å². The number of aromatic nitrogens is 1. The van der Waals surface area contributed by atoms with E-state index in [4.69, 9.17) is 11.6 Å². The predicted molar refractivity (Wildman–Crippen MR) is 62.0 cm³/mol. The van der Waals surface area contributed by atoms with Crippen molar-refractivity contribution in [2.75, 3.05) is 0 Å². The fourth-order valence-corrected chi connectivity index (χ4v) is 1.90. The highest BCUT2D eigenvalue weighted by molar-refractivity contribution is 6.33. The van der Waals surface area contributed by atoms with Crippen LogP contribution in [0.3, 0.4) is 0 Å². The van der Waals surface area contributed by atoms with E-state index in [2.05, 4.69) is 4.98 Å². The molecule has 1 heterocycles. The van der Waals surface area contributed by atoms with Crippen molar-refractivity contribution in [3.63, 3.8) is 0 Å². The highest BCUT2D eigenvalue weighted by Gasteiger charge is 2.23. The molecule has 1 aromatic heterocycles. The summed E-state index contributed by atoms with van der Waals surface area (Å²) in [4.78, 5) is 23.8. The zero-order valence-electron chi connectivity index (χ0n) is 9.33. The number of rotatable bonds is 3. The summed E-state index contributed by atoms with van der Waals surface area (Å²) in [5.41, 5.74) is -0.0832. The Bertz CT molecular complexity index is 480. The quantitative estimate of drug-likeness (QED) is 0.655. The minimum atomic E-state index is -0.750. The Morgan fingerprint density at radius 1 is 1.50 bits per heavy atom. The van der Waals surface area contributed by atoms with Gasteiger partial charge in [-0.3, -0.25) is 14.9 Å². The van der Waals surface area contributed by atoms with Crippen molar-refractivity contribution in [3.8, 4) is 0 Å². The molecule has 0 saturated heterocycles. The SMILES string of the molecule is Cc1[nH]c(=O)c([N+](=O)[O-])c(Cl)c1CC(C)C. The fraction of sp³-hybridized carbons (Fsp3) is 0.500. The Morgan fingerprint density at radius 2 is 2.06 bits per heavy atom. The molecule has 0 amide bonds. The Hall–Kier alpha value is -1.36. The molecule has 0 unspecified atom stereocenters. The zero-order chi connectivity index (χ0) is 12.5. The van der Waals surface area contributed by atoms with Crippen molar-refractivity contribution >= 4 is 17.3 Å². The van der Waals surface area contributed by atoms with Gasteiger partial charge in [0.05, 0.1) is 4.92 Å². The predicted octanol–water partition coefficient (Wildman–Crippen LogP) is 2.44. The molecule has 88 valence electrons. The van der Waals surface area contributed by atoms with Gasteiger partial charge in [0.2, 0.25) is 0 Å². The molecule has 5 nitrogen and oxygen atoms in total. The third kappa shape index (κ3) is 2.41. The molecule has 0 saturated carbocycles. The lowest BCUT2D eigenvalue weighted by molar-refractivity contribution is -0.386. The minimum absolute atomic E-state index is 0.0417. The van der Waals surface area contributed by atoms with Crippen LogP contribution in [0.1, 0.15) is 25.1 Å². The van der Waals surface area contributed by atoms with Crippen LogP contribution in [0.2, 0.25) is 5.02 Å². The van der Waals surface area contributed by atoms with Crippen molar-refractivity contribution in [3.05, 3.63) is 36.7 Å². The van der Waals surface area contributed by atoms with Gasteiger partial charge >= 0.3 is 11.2 Å². The van der Waals surface area contributed by atoms with Crippen molar-refractivity contribution in [1.29, 1.82) is 0 Å². The number of H-pyrrole nitrogens is 1. The van der Waals surface area contributed by atoms with E-state index in [1.165, 1.54) is 0 Å². The molecule has 1 aromatic rings. The first-order chi connectivity index (χ1) is 7.34. The number of hydrogen-bond acceptors (Lipinski definition) is 3. The molecule has 6 heteroatoms. The van der Waals surface area contributed by atoms with Crippen LogP contribution in [-0.4, -0.2) is 9.91 Å². The van der Waals surface area contributed by atoms with E-state index in [1.54, 1.807) is 6.92 Å². The van der Waals surface area contributed by atoms with Gasteiger partial charge in [0.15, 0.2) is 0 Å². The van der Waals surface area contributed by atoms with Crippen molar-refractivity contribution in [1.82, 2.24) is 4.98 Å². The standard InChI is InChI=1S/C10H13ClN2O3/c1-5(2)4-7-6(3)12-10(14)9(8(7)11)13(15)16/h5H,4H2,1-3H3,(H,12,14). The van der Waals surface area contributed by atoms with E-state index in [0.717, 1.165) is 0 Å². The Labute approximate surface area is 97.6 Å². The summed E-state index contributed by atoms with van der Waals surface area (Å²) < 4.78 is 0. The van der Waals surface area contributed by atoms with Gasteiger partial charge < -0.3 is 4.98 Å². The molecule has 0 atom stereocenters. The first-order valence-corrected chi connectivity index (χ1v) is 5.28. The molecule has 0 radical (unpaired) electrons. The summed E-state index contributed by atoms with van der Waals surface area (Å²) in [5, 5.41) is 10.7. The summed E-state index contributed by atoms with van der Waals surface area (Å²) in [5.74, 6) is 0.307. The van der Waals surface area contributed by atoms with Crippen molar-refractivity contribution in [2.24, 2.45) is 5.92 Å². The van der Waals surface area contributed by atoms with Gasteiger partial charge in [-0.2, -0.15) is 0 Å². The molecule has 1 rings (SSSR count). The second-order valence-corrected chi connectivity index (χ2v) is 4.45. The van der Waals surface area contributed by atoms with Gasteiger partial charge in [0.1, 0.15) is 5.02 Å². The average Bonchev–Trinajstić information content (AvgIpc) is 2.10. The lowest BCUT2D eigenvalue weighted by Crippen LogP contribution is -2.16. The fourth-order valence-electron chi connectivity index (χ4n) is 1.53. The number of nitrogens with zero attached hydrogens (tertiary/aromatic N) is 1. The van der Waals surface area contributed by atoms with Gasteiger partial charge in [0.25, 0.3) is 0 Å². The number of nitrogens with one attached hydrogen (secondary N) is 1. The van der Waals surface area contributed by atoms with E-state index >= 15 is 0 Å². The van der Waals surface area contributed by atoms with Gasteiger partial charge in [-0.1, -0.05) is 25.4 Å². The molecule has 0 fully saturated rings. The van der Waals surface area contributed by atoms with Crippen LogP contribution in [0, 0.1) is 23.0 Å². The second kappa shape index (κ2) is 4.65. The highest BCUT2D eigenvalue weighted by Crippen LogP contribution is 2.27. The van der Waals surface area contributed by atoms with Gasteiger partial charge in [-0.05, 0) is 24.8 Å². The van der Waals surface area contributed by atoms with Crippen LogP contribution in [0.25, 0.3) is 0 Å². The number of nitro groups is 1. The van der Waals surface area contributed by atoms with E-state index in [-0.39, 0.29) is 5.02 Å². The van der Waals surface area contributed by atoms with Gasteiger partial charge in [-0.15, -0.1) is 0 Å². The first-order valence-electron chi connectivity index (χ1n) is 4.90. The molecule has 16 heavy (non-hydrogen) atoms. The number of pyridine rings is 1. The van der Waals surface area contributed by atoms with E-state index in [0.29, 0.717) is 23.6 Å².